The van der Waals surface area contributed by atoms with E-state index in [2.05, 4.69) is 20.7 Å². The molecule has 1 fully saturated rings. The van der Waals surface area contributed by atoms with Gasteiger partial charge in [-0.1, -0.05) is 66.7 Å². The molecule has 0 radical (unpaired) electrons. The third-order valence-electron chi connectivity index (χ3n) is 4.78. The molecular formula is C22H23N5OS. The Kier molecular flexibility index (Phi) is 6.36. The van der Waals surface area contributed by atoms with Gasteiger partial charge in [0.05, 0.1) is 5.75 Å². The maximum absolute atomic E-state index is 12.3. The van der Waals surface area contributed by atoms with Crippen LogP contribution in [0.2, 0.25) is 0 Å². The van der Waals surface area contributed by atoms with Gasteiger partial charge >= 0.3 is 0 Å². The van der Waals surface area contributed by atoms with Gasteiger partial charge in [0.2, 0.25) is 0 Å². The average Bonchev–Trinajstić information content (AvgIpc) is 3.22. The lowest BCUT2D eigenvalue weighted by atomic mass is 9.99. The molecule has 0 atom stereocenters. The van der Waals surface area contributed by atoms with Gasteiger partial charge in [-0.15, -0.1) is 10.2 Å². The second-order valence-corrected chi connectivity index (χ2v) is 7.85. The van der Waals surface area contributed by atoms with E-state index in [0.29, 0.717) is 5.16 Å². The zero-order chi connectivity index (χ0) is 19.9. The summed E-state index contributed by atoms with van der Waals surface area (Å²) in [6, 6.07) is 19.9. The van der Waals surface area contributed by atoms with Crippen molar-refractivity contribution in [2.24, 2.45) is 5.10 Å². The highest BCUT2D eigenvalue weighted by molar-refractivity contribution is 7.99. The number of hydrazone groups is 1. The van der Waals surface area contributed by atoms with Crippen LogP contribution in [0.25, 0.3) is 17.1 Å². The standard InChI is InChI=1S/C22H23N5OS/c28-20(24-23-18-12-6-2-7-13-18)16-29-22-26-25-21(17-10-4-1-5-11-17)27(22)19-14-8-3-9-15-19/h1,3-5,8-11,14-15H,2,6-7,12-13,16H2,(H,24,28). The molecule has 1 N–H and O–H groups in total. The zero-order valence-electron chi connectivity index (χ0n) is 16.1. The molecule has 0 unspecified atom stereocenters. The molecule has 2 aromatic carbocycles. The highest BCUT2D eigenvalue weighted by Crippen LogP contribution is 2.27. The number of benzene rings is 2. The summed E-state index contributed by atoms with van der Waals surface area (Å²) in [5.74, 6) is 0.857. The van der Waals surface area contributed by atoms with Crippen LogP contribution in [0.4, 0.5) is 0 Å². The van der Waals surface area contributed by atoms with Gasteiger partial charge in [-0.25, -0.2) is 5.43 Å². The Balaban J connectivity index is 1.51. The van der Waals surface area contributed by atoms with Crippen LogP contribution in [-0.2, 0) is 4.79 Å². The summed E-state index contributed by atoms with van der Waals surface area (Å²) in [5.41, 5.74) is 5.72. The van der Waals surface area contributed by atoms with Gasteiger partial charge in [-0.2, -0.15) is 5.10 Å². The third-order valence-corrected chi connectivity index (χ3v) is 5.71. The molecule has 1 aliphatic carbocycles. The number of carbonyl (C=O) groups is 1. The van der Waals surface area contributed by atoms with Crippen LogP contribution in [-0.4, -0.2) is 32.1 Å². The van der Waals surface area contributed by atoms with Crippen LogP contribution in [0.15, 0.2) is 70.9 Å². The molecule has 1 aliphatic rings. The second-order valence-electron chi connectivity index (χ2n) is 6.91. The number of nitrogens with zero attached hydrogens (tertiary/aromatic N) is 4. The lowest BCUT2D eigenvalue weighted by Gasteiger charge is -2.12. The number of para-hydroxylation sites is 1. The molecule has 3 aromatic rings. The summed E-state index contributed by atoms with van der Waals surface area (Å²) in [7, 11) is 0. The third kappa shape index (κ3) is 4.92. The van der Waals surface area contributed by atoms with Crippen LogP contribution >= 0.6 is 11.8 Å². The van der Waals surface area contributed by atoms with Gasteiger partial charge in [-0.3, -0.25) is 9.36 Å². The molecule has 0 bridgehead atoms. The summed E-state index contributed by atoms with van der Waals surface area (Å²) in [4.78, 5) is 12.3. The van der Waals surface area contributed by atoms with Gasteiger partial charge < -0.3 is 0 Å². The fourth-order valence-electron chi connectivity index (χ4n) is 3.32. The summed E-state index contributed by atoms with van der Waals surface area (Å²) in [5, 5.41) is 13.7. The maximum Gasteiger partial charge on any atom is 0.250 e. The van der Waals surface area contributed by atoms with Crippen molar-refractivity contribution in [3.63, 3.8) is 0 Å². The minimum atomic E-state index is -0.128. The first kappa shape index (κ1) is 19.4. The van der Waals surface area contributed by atoms with E-state index in [1.807, 2.05) is 65.2 Å². The van der Waals surface area contributed by atoms with Crippen molar-refractivity contribution < 1.29 is 4.79 Å². The maximum atomic E-state index is 12.3. The molecule has 0 saturated heterocycles. The quantitative estimate of drug-likeness (QED) is 0.485. The zero-order valence-corrected chi connectivity index (χ0v) is 16.9. The molecular weight excluding hydrogens is 382 g/mol. The molecule has 4 rings (SSSR count). The van der Waals surface area contributed by atoms with Crippen molar-refractivity contribution in [2.75, 3.05) is 5.75 Å². The Morgan fingerprint density at radius 3 is 2.38 bits per heavy atom. The lowest BCUT2D eigenvalue weighted by molar-refractivity contribution is -0.118. The first-order valence-electron chi connectivity index (χ1n) is 9.84. The summed E-state index contributed by atoms with van der Waals surface area (Å²) in [6.07, 6.45) is 5.53. The predicted molar refractivity (Wildman–Crippen MR) is 116 cm³/mol. The fraction of sp³-hybridized carbons (Fsp3) is 0.273. The second kappa shape index (κ2) is 9.52. The largest absolute Gasteiger partial charge is 0.272 e. The summed E-state index contributed by atoms with van der Waals surface area (Å²) >= 11 is 1.36. The monoisotopic (exact) mass is 405 g/mol. The Labute approximate surface area is 174 Å². The first-order chi connectivity index (χ1) is 14.3. The summed E-state index contributed by atoms with van der Waals surface area (Å²) < 4.78 is 1.99. The Morgan fingerprint density at radius 2 is 1.66 bits per heavy atom. The van der Waals surface area contributed by atoms with Gasteiger partial charge in [0.15, 0.2) is 11.0 Å². The molecule has 0 aliphatic heterocycles. The van der Waals surface area contributed by atoms with E-state index < -0.39 is 0 Å². The number of amides is 1. The van der Waals surface area contributed by atoms with Crippen LogP contribution in [0.3, 0.4) is 0 Å². The van der Waals surface area contributed by atoms with Crippen LogP contribution in [0.1, 0.15) is 32.1 Å². The molecule has 1 heterocycles. The number of hydrogen-bond donors (Lipinski definition) is 1. The number of rotatable bonds is 6. The van der Waals surface area contributed by atoms with Crippen molar-refractivity contribution >= 4 is 23.4 Å². The molecule has 1 aromatic heterocycles. The van der Waals surface area contributed by atoms with E-state index in [4.69, 9.17) is 0 Å². The lowest BCUT2D eigenvalue weighted by Crippen LogP contribution is -2.22. The number of nitrogens with one attached hydrogen (secondary N) is 1. The minimum absolute atomic E-state index is 0.128. The van der Waals surface area contributed by atoms with E-state index >= 15 is 0 Å². The SMILES string of the molecule is O=C(CSc1nnc(-c2ccccc2)n1-c1ccccc1)NN=C1CCCCC1. The highest BCUT2D eigenvalue weighted by atomic mass is 32.2. The van der Waals surface area contributed by atoms with E-state index in [9.17, 15) is 4.79 Å². The topological polar surface area (TPSA) is 72.2 Å². The van der Waals surface area contributed by atoms with E-state index in [1.54, 1.807) is 0 Å². The van der Waals surface area contributed by atoms with Gasteiger partial charge in [-0.05, 0) is 37.8 Å². The summed E-state index contributed by atoms with van der Waals surface area (Å²) in [6.45, 7) is 0. The average molecular weight is 406 g/mol. The van der Waals surface area contributed by atoms with Gasteiger partial charge in [0.25, 0.3) is 5.91 Å². The fourth-order valence-corrected chi connectivity index (χ4v) is 4.07. The van der Waals surface area contributed by atoms with E-state index in [0.717, 1.165) is 48.5 Å². The minimum Gasteiger partial charge on any atom is -0.272 e. The van der Waals surface area contributed by atoms with Crippen molar-refractivity contribution in [3.8, 4) is 17.1 Å². The Bertz CT molecular complexity index is 977. The van der Waals surface area contributed by atoms with Crippen LogP contribution in [0.5, 0.6) is 0 Å². The number of hydrogen-bond acceptors (Lipinski definition) is 5. The van der Waals surface area contributed by atoms with Gasteiger partial charge in [0.1, 0.15) is 0 Å². The molecule has 6 nitrogen and oxygen atoms in total. The molecule has 1 saturated carbocycles. The van der Waals surface area contributed by atoms with Crippen LogP contribution in [0, 0.1) is 0 Å². The Hall–Kier alpha value is -2.93. The molecule has 0 spiro atoms. The molecule has 29 heavy (non-hydrogen) atoms. The smallest absolute Gasteiger partial charge is 0.250 e. The van der Waals surface area contributed by atoms with Crippen molar-refractivity contribution in [3.05, 3.63) is 60.7 Å². The van der Waals surface area contributed by atoms with Crippen molar-refractivity contribution in [1.29, 1.82) is 0 Å². The molecule has 7 heteroatoms. The predicted octanol–water partition coefficient (Wildman–Crippen LogP) is 4.46. The normalized spacial score (nSPS) is 13.9. The van der Waals surface area contributed by atoms with E-state index in [-0.39, 0.29) is 11.7 Å². The van der Waals surface area contributed by atoms with Gasteiger partial charge in [0, 0.05) is 17.0 Å². The Morgan fingerprint density at radius 1 is 0.966 bits per heavy atom. The first-order valence-corrected chi connectivity index (χ1v) is 10.8. The molecule has 148 valence electrons. The number of aromatic nitrogens is 3. The number of carbonyl (C=O) groups excluding carboxylic acids is 1. The number of thioether (sulfide) groups is 1. The van der Waals surface area contributed by atoms with Crippen molar-refractivity contribution in [2.45, 2.75) is 37.3 Å². The molecule has 1 amide bonds. The van der Waals surface area contributed by atoms with E-state index in [1.165, 1.54) is 18.2 Å². The highest BCUT2D eigenvalue weighted by Gasteiger charge is 2.17. The van der Waals surface area contributed by atoms with Crippen molar-refractivity contribution in [1.82, 2.24) is 20.2 Å². The van der Waals surface area contributed by atoms with Crippen LogP contribution < -0.4 is 5.43 Å².